The molecule has 0 fully saturated rings. The summed E-state index contributed by atoms with van der Waals surface area (Å²) in [6.45, 7) is 5.20. The van der Waals surface area contributed by atoms with E-state index in [2.05, 4.69) is 19.2 Å². The first-order valence-corrected chi connectivity index (χ1v) is 4.59. The standard InChI is InChI=1S/C10H16N2O/c1-9(2)11-6-3-10-4-7-12(13)8-5-10/h4-5,7-9,11H,3,6H2,1-2H3. The lowest BCUT2D eigenvalue weighted by Gasteiger charge is -2.07. The zero-order chi connectivity index (χ0) is 9.68. The van der Waals surface area contributed by atoms with Gasteiger partial charge in [0, 0.05) is 18.2 Å². The van der Waals surface area contributed by atoms with Gasteiger partial charge in [0.25, 0.3) is 0 Å². The van der Waals surface area contributed by atoms with Gasteiger partial charge < -0.3 is 10.5 Å². The van der Waals surface area contributed by atoms with Gasteiger partial charge in [-0.25, -0.2) is 0 Å². The Balaban J connectivity index is 2.33. The van der Waals surface area contributed by atoms with Crippen LogP contribution in [0.1, 0.15) is 19.4 Å². The normalized spacial score (nSPS) is 10.7. The molecule has 0 spiro atoms. The summed E-state index contributed by atoms with van der Waals surface area (Å²) in [4.78, 5) is 0. The molecule has 1 aromatic heterocycles. The fraction of sp³-hybridized carbons (Fsp3) is 0.500. The zero-order valence-corrected chi connectivity index (χ0v) is 8.16. The monoisotopic (exact) mass is 180 g/mol. The van der Waals surface area contributed by atoms with E-state index in [1.165, 1.54) is 18.0 Å². The molecular formula is C10H16N2O. The molecule has 0 saturated carbocycles. The molecule has 0 unspecified atom stereocenters. The van der Waals surface area contributed by atoms with Gasteiger partial charge in [0.05, 0.1) is 0 Å². The van der Waals surface area contributed by atoms with Crippen LogP contribution >= 0.6 is 0 Å². The lowest BCUT2D eigenvalue weighted by Crippen LogP contribution is -2.26. The summed E-state index contributed by atoms with van der Waals surface area (Å²) in [5.41, 5.74) is 1.19. The van der Waals surface area contributed by atoms with E-state index in [9.17, 15) is 5.21 Å². The number of nitrogens with zero attached hydrogens (tertiary/aromatic N) is 1. The summed E-state index contributed by atoms with van der Waals surface area (Å²) in [5, 5.41) is 14.0. The van der Waals surface area contributed by atoms with E-state index in [1.54, 1.807) is 0 Å². The van der Waals surface area contributed by atoms with Gasteiger partial charge in [-0.3, -0.25) is 0 Å². The van der Waals surface area contributed by atoms with Crippen LogP contribution in [-0.2, 0) is 6.42 Å². The Morgan fingerprint density at radius 1 is 1.38 bits per heavy atom. The zero-order valence-electron chi connectivity index (χ0n) is 8.16. The minimum absolute atomic E-state index is 0.521. The third kappa shape index (κ3) is 3.90. The molecule has 1 heterocycles. The van der Waals surface area contributed by atoms with Crippen molar-refractivity contribution in [2.45, 2.75) is 26.3 Å². The minimum Gasteiger partial charge on any atom is -0.619 e. The molecule has 3 nitrogen and oxygen atoms in total. The van der Waals surface area contributed by atoms with Crippen molar-refractivity contribution in [3.05, 3.63) is 35.3 Å². The number of hydrogen-bond donors (Lipinski definition) is 1. The van der Waals surface area contributed by atoms with Gasteiger partial charge in [0.2, 0.25) is 0 Å². The molecule has 3 heteroatoms. The van der Waals surface area contributed by atoms with Crippen molar-refractivity contribution in [2.75, 3.05) is 6.54 Å². The Morgan fingerprint density at radius 2 is 2.00 bits per heavy atom. The van der Waals surface area contributed by atoms with Gasteiger partial charge in [-0.2, -0.15) is 4.73 Å². The summed E-state index contributed by atoms with van der Waals surface area (Å²) in [6, 6.07) is 4.23. The molecule has 72 valence electrons. The largest absolute Gasteiger partial charge is 0.619 e. The third-order valence-electron chi connectivity index (χ3n) is 1.84. The number of pyridine rings is 1. The van der Waals surface area contributed by atoms with Crippen molar-refractivity contribution in [1.29, 1.82) is 0 Å². The molecule has 0 radical (unpaired) electrons. The van der Waals surface area contributed by atoms with Crippen molar-refractivity contribution in [1.82, 2.24) is 5.32 Å². The van der Waals surface area contributed by atoms with Gasteiger partial charge in [-0.1, -0.05) is 13.8 Å². The Bertz CT molecular complexity index is 244. The predicted molar refractivity (Wildman–Crippen MR) is 52.2 cm³/mol. The third-order valence-corrected chi connectivity index (χ3v) is 1.84. The van der Waals surface area contributed by atoms with E-state index in [0.717, 1.165) is 17.7 Å². The van der Waals surface area contributed by atoms with E-state index in [-0.39, 0.29) is 0 Å². The molecule has 1 rings (SSSR count). The molecule has 0 aliphatic rings. The van der Waals surface area contributed by atoms with E-state index in [1.807, 2.05) is 12.1 Å². The first kappa shape index (κ1) is 9.99. The number of hydrogen-bond acceptors (Lipinski definition) is 2. The molecule has 0 amide bonds. The molecule has 0 saturated heterocycles. The molecule has 0 aliphatic carbocycles. The molecule has 1 aromatic rings. The summed E-state index contributed by atoms with van der Waals surface area (Å²) in [5.74, 6) is 0. The number of rotatable bonds is 4. The Morgan fingerprint density at radius 3 is 2.54 bits per heavy atom. The van der Waals surface area contributed by atoms with Crippen molar-refractivity contribution < 1.29 is 4.73 Å². The topological polar surface area (TPSA) is 39.0 Å². The first-order chi connectivity index (χ1) is 6.18. The van der Waals surface area contributed by atoms with Crippen LogP contribution < -0.4 is 10.0 Å². The maximum Gasteiger partial charge on any atom is 0.180 e. The maximum absolute atomic E-state index is 10.7. The van der Waals surface area contributed by atoms with Crippen LogP contribution in [0.25, 0.3) is 0 Å². The first-order valence-electron chi connectivity index (χ1n) is 4.59. The van der Waals surface area contributed by atoms with Crippen LogP contribution in [0.2, 0.25) is 0 Å². The lowest BCUT2D eigenvalue weighted by molar-refractivity contribution is -0.605. The van der Waals surface area contributed by atoms with Crippen molar-refractivity contribution in [2.24, 2.45) is 0 Å². The fourth-order valence-corrected chi connectivity index (χ4v) is 1.12. The Labute approximate surface area is 79.0 Å². The van der Waals surface area contributed by atoms with Gasteiger partial charge in [-0.05, 0) is 18.5 Å². The van der Waals surface area contributed by atoms with E-state index in [4.69, 9.17) is 0 Å². The van der Waals surface area contributed by atoms with Crippen molar-refractivity contribution >= 4 is 0 Å². The highest BCUT2D eigenvalue weighted by atomic mass is 16.5. The summed E-state index contributed by atoms with van der Waals surface area (Å²) in [7, 11) is 0. The van der Waals surface area contributed by atoms with Crippen LogP contribution in [-0.4, -0.2) is 12.6 Å². The fourth-order valence-electron chi connectivity index (χ4n) is 1.12. The van der Waals surface area contributed by atoms with Crippen LogP contribution in [0, 0.1) is 5.21 Å². The maximum atomic E-state index is 10.7. The molecule has 0 aromatic carbocycles. The minimum atomic E-state index is 0.521. The average molecular weight is 180 g/mol. The lowest BCUT2D eigenvalue weighted by atomic mass is 10.2. The van der Waals surface area contributed by atoms with Crippen LogP contribution in [0.4, 0.5) is 0 Å². The molecular weight excluding hydrogens is 164 g/mol. The second-order valence-electron chi connectivity index (χ2n) is 3.43. The summed E-state index contributed by atoms with van der Waals surface area (Å²) >= 11 is 0. The second-order valence-corrected chi connectivity index (χ2v) is 3.43. The van der Waals surface area contributed by atoms with E-state index >= 15 is 0 Å². The Hall–Kier alpha value is -1.09. The molecule has 13 heavy (non-hydrogen) atoms. The molecule has 1 N–H and O–H groups in total. The van der Waals surface area contributed by atoms with Gasteiger partial charge in [-0.15, -0.1) is 0 Å². The Kier molecular flexibility index (Phi) is 3.71. The summed E-state index contributed by atoms with van der Waals surface area (Å²) < 4.78 is 0.805. The molecule has 0 atom stereocenters. The van der Waals surface area contributed by atoms with E-state index < -0.39 is 0 Å². The van der Waals surface area contributed by atoms with Gasteiger partial charge in [0.15, 0.2) is 12.4 Å². The SMILES string of the molecule is CC(C)NCCc1cc[n+]([O-])cc1. The van der Waals surface area contributed by atoms with Gasteiger partial charge >= 0.3 is 0 Å². The van der Waals surface area contributed by atoms with Gasteiger partial charge in [0.1, 0.15) is 0 Å². The number of nitrogens with one attached hydrogen (secondary N) is 1. The summed E-state index contributed by atoms with van der Waals surface area (Å²) in [6.07, 6.45) is 4.04. The quantitative estimate of drug-likeness (QED) is 0.551. The highest BCUT2D eigenvalue weighted by molar-refractivity contribution is 5.07. The predicted octanol–water partition coefficient (Wildman–Crippen LogP) is 0.860. The second kappa shape index (κ2) is 4.82. The van der Waals surface area contributed by atoms with Crippen LogP contribution in [0.3, 0.4) is 0 Å². The smallest absolute Gasteiger partial charge is 0.180 e. The number of aromatic nitrogens is 1. The van der Waals surface area contributed by atoms with E-state index in [0.29, 0.717) is 6.04 Å². The van der Waals surface area contributed by atoms with Crippen LogP contribution in [0.15, 0.2) is 24.5 Å². The highest BCUT2D eigenvalue weighted by Gasteiger charge is 1.96. The highest BCUT2D eigenvalue weighted by Crippen LogP contribution is 1.95. The molecule has 0 aliphatic heterocycles. The van der Waals surface area contributed by atoms with Crippen molar-refractivity contribution in [3.63, 3.8) is 0 Å². The molecule has 0 bridgehead atoms. The van der Waals surface area contributed by atoms with Crippen LogP contribution in [0.5, 0.6) is 0 Å². The van der Waals surface area contributed by atoms with Crippen molar-refractivity contribution in [3.8, 4) is 0 Å². The average Bonchev–Trinajstić information content (AvgIpc) is 2.08.